The Morgan fingerprint density at radius 1 is 1.43 bits per heavy atom. The van der Waals surface area contributed by atoms with Crippen molar-refractivity contribution in [2.24, 2.45) is 0 Å². The highest BCUT2D eigenvalue weighted by molar-refractivity contribution is 8.01. The zero-order valence-electron chi connectivity index (χ0n) is 8.61. The Bertz CT molecular complexity index is 292. The third-order valence-corrected chi connectivity index (χ3v) is 5.62. The van der Waals surface area contributed by atoms with Gasteiger partial charge in [0.1, 0.15) is 0 Å². The van der Waals surface area contributed by atoms with Crippen LogP contribution in [0.5, 0.6) is 0 Å². The first kappa shape index (κ1) is 13.8. The molecule has 0 bridgehead atoms. The van der Waals surface area contributed by atoms with Gasteiger partial charge in [-0.25, -0.2) is 8.42 Å². The molecule has 0 aromatic rings. The van der Waals surface area contributed by atoms with E-state index >= 15 is 0 Å². The van der Waals surface area contributed by atoms with Gasteiger partial charge in [0.2, 0.25) is 0 Å². The van der Waals surface area contributed by atoms with Gasteiger partial charge in [-0.2, -0.15) is 11.8 Å². The molecule has 0 aromatic carbocycles. The van der Waals surface area contributed by atoms with Gasteiger partial charge in [-0.1, -0.05) is 6.92 Å². The van der Waals surface area contributed by atoms with Crippen molar-refractivity contribution in [3.63, 3.8) is 0 Å². The van der Waals surface area contributed by atoms with E-state index in [0.29, 0.717) is 5.75 Å². The van der Waals surface area contributed by atoms with Gasteiger partial charge in [0.05, 0.1) is 5.75 Å². The number of aliphatic carboxylic acids is 1. The first-order valence-corrected chi connectivity index (χ1v) is 7.10. The molecule has 0 unspecified atom stereocenters. The van der Waals surface area contributed by atoms with Crippen molar-refractivity contribution >= 4 is 27.6 Å². The van der Waals surface area contributed by atoms with E-state index in [2.05, 4.69) is 0 Å². The Hall–Kier alpha value is -0.230. The van der Waals surface area contributed by atoms with Crippen LogP contribution in [0.4, 0.5) is 0 Å². The molecule has 0 aromatic heterocycles. The summed E-state index contributed by atoms with van der Waals surface area (Å²) in [6.07, 6.45) is 0. The largest absolute Gasteiger partial charge is 0.480 e. The number of carboxylic acid groups (broad SMARTS) is 1. The third-order valence-electron chi connectivity index (χ3n) is 1.99. The van der Waals surface area contributed by atoms with Crippen LogP contribution in [-0.4, -0.2) is 41.5 Å². The van der Waals surface area contributed by atoms with Crippen LogP contribution in [0.2, 0.25) is 0 Å². The van der Waals surface area contributed by atoms with E-state index in [0.717, 1.165) is 5.75 Å². The Morgan fingerprint density at radius 2 is 1.93 bits per heavy atom. The fourth-order valence-electron chi connectivity index (χ4n) is 0.701. The summed E-state index contributed by atoms with van der Waals surface area (Å²) >= 11 is 1.49. The topological polar surface area (TPSA) is 71.4 Å². The zero-order chi connectivity index (χ0) is 11.4. The summed E-state index contributed by atoms with van der Waals surface area (Å²) in [5.74, 6) is -0.0809. The van der Waals surface area contributed by atoms with Gasteiger partial charge in [-0.05, 0) is 19.6 Å². The molecule has 0 fully saturated rings. The second kappa shape index (κ2) is 5.02. The lowest BCUT2D eigenvalue weighted by molar-refractivity contribution is -0.139. The number of hydrogen-bond donors (Lipinski definition) is 1. The van der Waals surface area contributed by atoms with Crippen LogP contribution in [0.3, 0.4) is 0 Å². The molecule has 0 aliphatic carbocycles. The zero-order valence-corrected chi connectivity index (χ0v) is 10.2. The lowest BCUT2D eigenvalue weighted by Gasteiger charge is -2.19. The quantitative estimate of drug-likeness (QED) is 0.702. The van der Waals surface area contributed by atoms with Crippen molar-refractivity contribution < 1.29 is 18.3 Å². The predicted molar refractivity (Wildman–Crippen MR) is 58.5 cm³/mol. The van der Waals surface area contributed by atoms with Gasteiger partial charge in [-0.3, -0.25) is 4.79 Å². The van der Waals surface area contributed by atoms with Crippen LogP contribution in [0.1, 0.15) is 20.8 Å². The van der Waals surface area contributed by atoms with Crippen molar-refractivity contribution in [3.8, 4) is 0 Å². The van der Waals surface area contributed by atoms with Crippen LogP contribution >= 0.6 is 11.8 Å². The van der Waals surface area contributed by atoms with E-state index in [1.807, 2.05) is 6.92 Å². The minimum absolute atomic E-state index is 0.0786. The summed E-state index contributed by atoms with van der Waals surface area (Å²) in [5, 5.41) is 8.75. The first-order chi connectivity index (χ1) is 6.25. The average Bonchev–Trinajstić information content (AvgIpc) is 2.04. The summed E-state index contributed by atoms with van der Waals surface area (Å²) in [6.45, 7) is 4.38. The van der Waals surface area contributed by atoms with E-state index in [9.17, 15) is 13.2 Å². The number of rotatable bonds is 6. The van der Waals surface area contributed by atoms with Gasteiger partial charge >= 0.3 is 5.97 Å². The molecule has 1 N–H and O–H groups in total. The van der Waals surface area contributed by atoms with Crippen molar-refractivity contribution in [1.82, 2.24) is 0 Å². The molecule has 0 heterocycles. The number of hydrogen-bond acceptors (Lipinski definition) is 4. The number of carboxylic acids is 1. The third kappa shape index (κ3) is 3.16. The highest BCUT2D eigenvalue weighted by atomic mass is 32.2. The standard InChI is InChI=1S/C8H16O4S2/c1-4-13-5-6-14(11,12)8(2,3)7(9)10/h4-6H2,1-3H3,(H,9,10). The smallest absolute Gasteiger partial charge is 0.324 e. The van der Waals surface area contributed by atoms with Crippen molar-refractivity contribution in [2.45, 2.75) is 25.5 Å². The molecule has 0 amide bonds. The van der Waals surface area contributed by atoms with Crippen LogP contribution in [0.25, 0.3) is 0 Å². The molecule has 0 spiro atoms. The van der Waals surface area contributed by atoms with Crippen LogP contribution < -0.4 is 0 Å². The Morgan fingerprint density at radius 3 is 2.29 bits per heavy atom. The molecular formula is C8H16O4S2. The van der Waals surface area contributed by atoms with E-state index in [4.69, 9.17) is 5.11 Å². The Labute approximate surface area is 89.0 Å². The molecule has 0 saturated heterocycles. The van der Waals surface area contributed by atoms with Gasteiger partial charge in [0, 0.05) is 5.75 Å². The first-order valence-electron chi connectivity index (χ1n) is 4.29. The normalized spacial score (nSPS) is 12.8. The van der Waals surface area contributed by atoms with Crippen molar-refractivity contribution in [3.05, 3.63) is 0 Å². The average molecular weight is 240 g/mol. The van der Waals surface area contributed by atoms with E-state index in [1.54, 1.807) is 0 Å². The number of thioether (sulfide) groups is 1. The molecule has 0 radical (unpaired) electrons. The lowest BCUT2D eigenvalue weighted by atomic mass is 10.2. The molecule has 0 aliphatic heterocycles. The van der Waals surface area contributed by atoms with E-state index in [-0.39, 0.29) is 5.75 Å². The lowest BCUT2D eigenvalue weighted by Crippen LogP contribution is -2.42. The maximum atomic E-state index is 11.6. The minimum Gasteiger partial charge on any atom is -0.480 e. The molecule has 14 heavy (non-hydrogen) atoms. The summed E-state index contributed by atoms with van der Waals surface area (Å²) < 4.78 is 21.5. The Kier molecular flexibility index (Phi) is 4.94. The highest BCUT2D eigenvalue weighted by Crippen LogP contribution is 2.18. The molecule has 0 rings (SSSR count). The molecular weight excluding hydrogens is 224 g/mol. The summed E-state index contributed by atoms with van der Waals surface area (Å²) in [6, 6.07) is 0. The summed E-state index contributed by atoms with van der Waals surface area (Å²) in [4.78, 5) is 10.7. The fraction of sp³-hybridized carbons (Fsp3) is 0.875. The van der Waals surface area contributed by atoms with Crippen molar-refractivity contribution in [2.75, 3.05) is 17.3 Å². The number of carbonyl (C=O) groups is 1. The van der Waals surface area contributed by atoms with Gasteiger partial charge in [0.25, 0.3) is 0 Å². The minimum atomic E-state index is -3.55. The fourth-order valence-corrected chi connectivity index (χ4v) is 3.12. The van der Waals surface area contributed by atoms with E-state index in [1.165, 1.54) is 25.6 Å². The predicted octanol–water partition coefficient (Wildman–Crippen LogP) is 1.02. The molecule has 4 nitrogen and oxygen atoms in total. The van der Waals surface area contributed by atoms with Gasteiger partial charge in [-0.15, -0.1) is 0 Å². The maximum absolute atomic E-state index is 11.6. The molecule has 0 saturated carbocycles. The Balaban J connectivity index is 4.55. The molecule has 0 atom stereocenters. The van der Waals surface area contributed by atoms with E-state index < -0.39 is 20.6 Å². The van der Waals surface area contributed by atoms with Crippen LogP contribution in [-0.2, 0) is 14.6 Å². The molecule has 84 valence electrons. The highest BCUT2D eigenvalue weighted by Gasteiger charge is 2.41. The van der Waals surface area contributed by atoms with Gasteiger partial charge in [0.15, 0.2) is 14.6 Å². The van der Waals surface area contributed by atoms with Crippen LogP contribution in [0, 0.1) is 0 Å². The second-order valence-electron chi connectivity index (χ2n) is 3.33. The molecule has 6 heteroatoms. The summed E-state index contributed by atoms with van der Waals surface area (Å²) in [7, 11) is -3.55. The second-order valence-corrected chi connectivity index (χ2v) is 7.38. The molecule has 0 aliphatic rings. The summed E-state index contributed by atoms with van der Waals surface area (Å²) in [5.41, 5.74) is 0. The van der Waals surface area contributed by atoms with Crippen molar-refractivity contribution in [1.29, 1.82) is 0 Å². The maximum Gasteiger partial charge on any atom is 0.324 e. The van der Waals surface area contributed by atoms with Crippen LogP contribution in [0.15, 0.2) is 0 Å². The SMILES string of the molecule is CCSCCS(=O)(=O)C(C)(C)C(=O)O. The van der Waals surface area contributed by atoms with Gasteiger partial charge < -0.3 is 5.11 Å². The number of sulfone groups is 1. The monoisotopic (exact) mass is 240 g/mol.